The van der Waals surface area contributed by atoms with Gasteiger partial charge in [0.2, 0.25) is 0 Å². The number of anilines is 1. The van der Waals surface area contributed by atoms with Crippen molar-refractivity contribution in [3.63, 3.8) is 0 Å². The van der Waals surface area contributed by atoms with E-state index in [-0.39, 0.29) is 5.97 Å². The number of aryl methyl sites for hydroxylation is 1. The molecule has 1 aromatic rings. The van der Waals surface area contributed by atoms with Crippen molar-refractivity contribution in [2.45, 2.75) is 25.9 Å². The van der Waals surface area contributed by atoms with E-state index in [1.165, 1.54) is 7.11 Å². The minimum Gasteiger partial charge on any atom is -0.488 e. The highest BCUT2D eigenvalue weighted by Gasteiger charge is 2.25. The summed E-state index contributed by atoms with van der Waals surface area (Å²) in [5.41, 5.74) is 7.62. The largest absolute Gasteiger partial charge is 0.488 e. The van der Waals surface area contributed by atoms with Crippen molar-refractivity contribution in [1.82, 2.24) is 0 Å². The van der Waals surface area contributed by atoms with Crippen LogP contribution in [0.1, 0.15) is 28.8 Å². The Bertz CT molecular complexity index is 425. The molecule has 0 amide bonds. The summed E-state index contributed by atoms with van der Waals surface area (Å²) in [6.45, 7) is 1.84. The van der Waals surface area contributed by atoms with Crippen molar-refractivity contribution in [1.29, 1.82) is 0 Å². The number of benzene rings is 1. The van der Waals surface area contributed by atoms with Crippen LogP contribution in [0.4, 0.5) is 5.69 Å². The first-order valence-electron chi connectivity index (χ1n) is 5.27. The number of hydrogen-bond donors (Lipinski definition) is 1. The molecule has 0 unspecified atom stereocenters. The van der Waals surface area contributed by atoms with Gasteiger partial charge in [0.1, 0.15) is 5.75 Å². The van der Waals surface area contributed by atoms with Crippen LogP contribution in [0.25, 0.3) is 0 Å². The normalized spacial score (nSPS) is 14.6. The maximum Gasteiger partial charge on any atom is 0.338 e. The molecule has 0 heterocycles. The van der Waals surface area contributed by atoms with Crippen molar-refractivity contribution < 1.29 is 14.3 Å². The SMILES string of the molecule is COC(=O)c1cc(N)c(OC2CC2)cc1C. The molecule has 0 spiro atoms. The summed E-state index contributed by atoms with van der Waals surface area (Å²) in [5, 5.41) is 0. The lowest BCUT2D eigenvalue weighted by Gasteiger charge is -2.11. The van der Waals surface area contributed by atoms with Crippen molar-refractivity contribution in [2.24, 2.45) is 0 Å². The Labute approximate surface area is 94.3 Å². The van der Waals surface area contributed by atoms with Crippen LogP contribution in [-0.4, -0.2) is 19.2 Å². The monoisotopic (exact) mass is 221 g/mol. The van der Waals surface area contributed by atoms with Gasteiger partial charge in [-0.15, -0.1) is 0 Å². The molecular formula is C12H15NO3. The Morgan fingerprint density at radius 3 is 2.69 bits per heavy atom. The number of nitrogens with two attached hydrogens (primary N) is 1. The summed E-state index contributed by atoms with van der Waals surface area (Å²) in [7, 11) is 1.35. The van der Waals surface area contributed by atoms with E-state index >= 15 is 0 Å². The number of ether oxygens (including phenoxy) is 2. The van der Waals surface area contributed by atoms with E-state index < -0.39 is 0 Å². The van der Waals surface area contributed by atoms with Crippen LogP contribution in [-0.2, 0) is 4.74 Å². The zero-order valence-electron chi connectivity index (χ0n) is 9.45. The first-order chi connectivity index (χ1) is 7.61. The van der Waals surface area contributed by atoms with Crippen molar-refractivity contribution in [2.75, 3.05) is 12.8 Å². The van der Waals surface area contributed by atoms with Crippen LogP contribution in [0.15, 0.2) is 12.1 Å². The summed E-state index contributed by atoms with van der Waals surface area (Å²) in [6.07, 6.45) is 2.46. The Balaban J connectivity index is 2.29. The quantitative estimate of drug-likeness (QED) is 0.625. The van der Waals surface area contributed by atoms with E-state index in [4.69, 9.17) is 10.5 Å². The first kappa shape index (κ1) is 10.8. The highest BCUT2D eigenvalue weighted by atomic mass is 16.5. The molecule has 0 radical (unpaired) electrons. The summed E-state index contributed by atoms with van der Waals surface area (Å²) in [6, 6.07) is 3.40. The molecule has 0 saturated heterocycles. The van der Waals surface area contributed by atoms with Crippen LogP contribution < -0.4 is 10.5 Å². The highest BCUT2D eigenvalue weighted by molar-refractivity contribution is 5.92. The van der Waals surface area contributed by atoms with Gasteiger partial charge < -0.3 is 15.2 Å². The van der Waals surface area contributed by atoms with Gasteiger partial charge in [-0.3, -0.25) is 0 Å². The van der Waals surface area contributed by atoms with Gasteiger partial charge in [-0.25, -0.2) is 4.79 Å². The van der Waals surface area contributed by atoms with Crippen LogP contribution in [0.5, 0.6) is 5.75 Å². The van der Waals surface area contributed by atoms with E-state index in [1.807, 2.05) is 6.92 Å². The lowest BCUT2D eigenvalue weighted by atomic mass is 10.1. The highest BCUT2D eigenvalue weighted by Crippen LogP contribution is 2.32. The van der Waals surface area contributed by atoms with Gasteiger partial charge in [-0.2, -0.15) is 0 Å². The number of hydrogen-bond acceptors (Lipinski definition) is 4. The molecule has 0 bridgehead atoms. The number of methoxy groups -OCH3 is 1. The fourth-order valence-corrected chi connectivity index (χ4v) is 1.50. The molecule has 1 aliphatic carbocycles. The Morgan fingerprint density at radius 1 is 1.44 bits per heavy atom. The van der Waals surface area contributed by atoms with Gasteiger partial charge in [0, 0.05) is 0 Å². The molecule has 0 aliphatic heterocycles. The van der Waals surface area contributed by atoms with Crippen LogP contribution >= 0.6 is 0 Å². The Morgan fingerprint density at radius 2 is 2.12 bits per heavy atom. The predicted molar refractivity (Wildman–Crippen MR) is 60.6 cm³/mol. The van der Waals surface area contributed by atoms with Gasteiger partial charge in [-0.05, 0) is 37.5 Å². The molecule has 1 aromatic carbocycles. The third-order valence-electron chi connectivity index (χ3n) is 2.58. The summed E-state index contributed by atoms with van der Waals surface area (Å²) in [4.78, 5) is 11.4. The number of esters is 1. The van der Waals surface area contributed by atoms with Gasteiger partial charge in [-0.1, -0.05) is 0 Å². The molecule has 4 nitrogen and oxygen atoms in total. The molecule has 1 fully saturated rings. The molecule has 2 rings (SSSR count). The first-order valence-corrected chi connectivity index (χ1v) is 5.27. The molecular weight excluding hydrogens is 206 g/mol. The third kappa shape index (κ3) is 2.10. The van der Waals surface area contributed by atoms with E-state index in [2.05, 4.69) is 4.74 Å². The minimum atomic E-state index is -0.373. The molecule has 4 heteroatoms. The number of carbonyl (C=O) groups is 1. The topological polar surface area (TPSA) is 61.5 Å². The zero-order chi connectivity index (χ0) is 11.7. The average Bonchev–Trinajstić information content (AvgIpc) is 3.05. The van der Waals surface area contributed by atoms with Gasteiger partial charge in [0.05, 0.1) is 24.5 Å². The fraction of sp³-hybridized carbons (Fsp3) is 0.417. The second-order valence-electron chi connectivity index (χ2n) is 4.01. The van der Waals surface area contributed by atoms with E-state index in [0.29, 0.717) is 23.1 Å². The predicted octanol–water partition coefficient (Wildman–Crippen LogP) is 1.91. The lowest BCUT2D eigenvalue weighted by Crippen LogP contribution is -2.07. The molecule has 0 aromatic heterocycles. The second kappa shape index (κ2) is 4.04. The summed E-state index contributed by atoms with van der Waals surface area (Å²) < 4.78 is 10.3. The average molecular weight is 221 g/mol. The molecule has 1 saturated carbocycles. The lowest BCUT2D eigenvalue weighted by molar-refractivity contribution is 0.0600. The molecule has 1 aliphatic rings. The van der Waals surface area contributed by atoms with E-state index in [0.717, 1.165) is 18.4 Å². The maximum atomic E-state index is 11.4. The van der Waals surface area contributed by atoms with Crippen LogP contribution in [0.2, 0.25) is 0 Å². The molecule has 2 N–H and O–H groups in total. The summed E-state index contributed by atoms with van der Waals surface area (Å²) >= 11 is 0. The molecule has 86 valence electrons. The molecule has 0 atom stereocenters. The van der Waals surface area contributed by atoms with Crippen molar-refractivity contribution >= 4 is 11.7 Å². The number of carbonyl (C=O) groups excluding carboxylic acids is 1. The Hall–Kier alpha value is -1.71. The second-order valence-corrected chi connectivity index (χ2v) is 4.01. The summed E-state index contributed by atoms with van der Waals surface area (Å²) in [5.74, 6) is 0.287. The number of nitrogen functional groups attached to an aromatic ring is 1. The van der Waals surface area contributed by atoms with Gasteiger partial charge in [0.25, 0.3) is 0 Å². The van der Waals surface area contributed by atoms with Gasteiger partial charge >= 0.3 is 5.97 Å². The Kier molecular flexibility index (Phi) is 2.73. The van der Waals surface area contributed by atoms with Crippen LogP contribution in [0.3, 0.4) is 0 Å². The standard InChI is InChI=1S/C12H15NO3/c1-7-5-11(16-8-3-4-8)10(13)6-9(7)12(14)15-2/h5-6,8H,3-4,13H2,1-2H3. The van der Waals surface area contributed by atoms with Gasteiger partial charge in [0.15, 0.2) is 0 Å². The van der Waals surface area contributed by atoms with E-state index in [9.17, 15) is 4.79 Å². The van der Waals surface area contributed by atoms with Crippen molar-refractivity contribution in [3.8, 4) is 5.75 Å². The van der Waals surface area contributed by atoms with E-state index in [1.54, 1.807) is 12.1 Å². The zero-order valence-corrected chi connectivity index (χ0v) is 9.45. The maximum absolute atomic E-state index is 11.4. The fourth-order valence-electron chi connectivity index (χ4n) is 1.50. The third-order valence-corrected chi connectivity index (χ3v) is 2.58. The minimum absolute atomic E-state index is 0.297. The number of rotatable bonds is 3. The molecule has 16 heavy (non-hydrogen) atoms. The van der Waals surface area contributed by atoms with Crippen molar-refractivity contribution in [3.05, 3.63) is 23.3 Å². The van der Waals surface area contributed by atoms with Crippen LogP contribution in [0, 0.1) is 6.92 Å². The smallest absolute Gasteiger partial charge is 0.338 e.